The molecule has 110 valence electrons. The van der Waals surface area contributed by atoms with Crippen molar-refractivity contribution >= 4 is 6.21 Å². The van der Waals surface area contributed by atoms with Crippen molar-refractivity contribution in [1.29, 1.82) is 0 Å². The van der Waals surface area contributed by atoms with Crippen LogP contribution in [0.4, 0.5) is 0 Å². The normalized spacial score (nSPS) is 10.7. The van der Waals surface area contributed by atoms with Crippen LogP contribution in [-0.4, -0.2) is 13.3 Å². The summed E-state index contributed by atoms with van der Waals surface area (Å²) in [4.78, 5) is 3.94. The molecular formula is C20H25N. The van der Waals surface area contributed by atoms with Gasteiger partial charge in [0.25, 0.3) is 0 Å². The average molecular weight is 279 g/mol. The number of rotatable bonds is 4. The molecule has 0 N–H and O–H groups in total. The Hall–Kier alpha value is -2.15. The van der Waals surface area contributed by atoms with E-state index in [1.54, 1.807) is 7.05 Å². The van der Waals surface area contributed by atoms with Crippen LogP contribution < -0.4 is 0 Å². The average Bonchev–Trinajstić information content (AvgIpc) is 2.56. The first-order chi connectivity index (χ1) is 10.3. The number of hydrogen-bond acceptors (Lipinski definition) is 1. The van der Waals surface area contributed by atoms with Gasteiger partial charge in [-0.2, -0.15) is 0 Å². The lowest BCUT2D eigenvalue weighted by Gasteiger charge is -2.07. The zero-order valence-electron chi connectivity index (χ0n) is 13.5. The Morgan fingerprint density at radius 1 is 0.952 bits per heavy atom. The number of nitrogens with zero attached hydrogens (tertiary/aromatic N) is 1. The van der Waals surface area contributed by atoms with Gasteiger partial charge < -0.3 is 0 Å². The van der Waals surface area contributed by atoms with Gasteiger partial charge in [-0.25, -0.2) is 0 Å². The molecule has 0 aliphatic rings. The van der Waals surface area contributed by atoms with Crippen LogP contribution in [0.15, 0.2) is 65.7 Å². The van der Waals surface area contributed by atoms with E-state index in [0.717, 1.165) is 6.42 Å². The van der Waals surface area contributed by atoms with Crippen molar-refractivity contribution in [3.05, 3.63) is 71.8 Å². The lowest BCUT2D eigenvalue weighted by molar-refractivity contribution is 1.22. The molecule has 1 nitrogen and oxygen atoms in total. The van der Waals surface area contributed by atoms with Gasteiger partial charge in [0.1, 0.15) is 0 Å². The smallest absolute Gasteiger partial charge is 0.0277 e. The zero-order chi connectivity index (χ0) is 15.5. The molecule has 0 saturated carbocycles. The van der Waals surface area contributed by atoms with Crippen LogP contribution in [0.2, 0.25) is 0 Å². The maximum Gasteiger partial charge on any atom is 0.0277 e. The molecule has 0 atom stereocenters. The molecule has 0 unspecified atom stereocenters. The Morgan fingerprint density at radius 2 is 1.67 bits per heavy atom. The lowest BCUT2D eigenvalue weighted by Crippen LogP contribution is -1.89. The van der Waals surface area contributed by atoms with E-state index >= 15 is 0 Å². The summed E-state index contributed by atoms with van der Waals surface area (Å²) < 4.78 is 0. The third-order valence-corrected chi connectivity index (χ3v) is 3.17. The lowest BCUT2D eigenvalue weighted by atomic mass is 9.98. The molecule has 0 aliphatic heterocycles. The van der Waals surface area contributed by atoms with Crippen LogP contribution in [-0.2, 0) is 6.42 Å². The summed E-state index contributed by atoms with van der Waals surface area (Å²) in [7, 11) is 1.78. The number of aryl methyl sites for hydroxylation is 1. The van der Waals surface area contributed by atoms with Gasteiger partial charge in [0.05, 0.1) is 0 Å². The minimum Gasteiger partial charge on any atom is -0.297 e. The van der Waals surface area contributed by atoms with Crippen LogP contribution >= 0.6 is 0 Å². The van der Waals surface area contributed by atoms with E-state index in [9.17, 15) is 0 Å². The Bertz CT molecular complexity index is 580. The van der Waals surface area contributed by atoms with Crippen molar-refractivity contribution in [2.24, 2.45) is 4.99 Å². The number of benzene rings is 2. The van der Waals surface area contributed by atoms with Gasteiger partial charge in [-0.15, -0.1) is 0 Å². The largest absolute Gasteiger partial charge is 0.297 e. The molecule has 1 heteroatoms. The monoisotopic (exact) mass is 279 g/mol. The summed E-state index contributed by atoms with van der Waals surface area (Å²) in [6, 6.07) is 17.1. The van der Waals surface area contributed by atoms with Gasteiger partial charge in [-0.3, -0.25) is 4.99 Å². The fourth-order valence-electron chi connectivity index (χ4n) is 2.04. The Balaban J connectivity index is 0.00000106. The second-order valence-electron chi connectivity index (χ2n) is 4.55. The number of hydrogen-bond donors (Lipinski definition) is 0. The maximum atomic E-state index is 3.94. The SMILES string of the molecule is CC.CN=C/C=C\Cc1cc(-c2ccccc2)ccc1C. The molecule has 0 saturated heterocycles. The molecule has 0 spiro atoms. The van der Waals surface area contributed by atoms with E-state index < -0.39 is 0 Å². The van der Waals surface area contributed by atoms with Crippen LogP contribution in [0.25, 0.3) is 11.1 Å². The highest BCUT2D eigenvalue weighted by atomic mass is 14.6. The zero-order valence-corrected chi connectivity index (χ0v) is 13.5. The van der Waals surface area contributed by atoms with Crippen LogP contribution in [0.3, 0.4) is 0 Å². The third-order valence-electron chi connectivity index (χ3n) is 3.17. The van der Waals surface area contributed by atoms with Crippen molar-refractivity contribution in [3.8, 4) is 11.1 Å². The molecule has 21 heavy (non-hydrogen) atoms. The molecule has 0 aliphatic carbocycles. The third kappa shape index (κ3) is 5.39. The summed E-state index contributed by atoms with van der Waals surface area (Å²) in [6.07, 6.45) is 6.90. The molecule has 0 aromatic heterocycles. The maximum absolute atomic E-state index is 3.94. The first kappa shape index (κ1) is 16.9. The molecule has 0 amide bonds. The van der Waals surface area contributed by atoms with Gasteiger partial charge in [-0.05, 0) is 41.7 Å². The van der Waals surface area contributed by atoms with E-state index in [1.807, 2.05) is 32.2 Å². The van der Waals surface area contributed by atoms with Gasteiger partial charge in [0.2, 0.25) is 0 Å². The van der Waals surface area contributed by atoms with E-state index in [2.05, 4.69) is 60.5 Å². The Labute approximate surface area is 129 Å². The second kappa shape index (κ2) is 9.71. The molecule has 0 radical (unpaired) electrons. The van der Waals surface area contributed by atoms with Crippen LogP contribution in [0.1, 0.15) is 25.0 Å². The molecule has 0 fully saturated rings. The summed E-state index contributed by atoms with van der Waals surface area (Å²) in [5.41, 5.74) is 5.24. The molecule has 2 aromatic carbocycles. The highest BCUT2D eigenvalue weighted by Gasteiger charge is 2.01. The van der Waals surface area contributed by atoms with Crippen molar-refractivity contribution in [2.45, 2.75) is 27.2 Å². The first-order valence-corrected chi connectivity index (χ1v) is 7.53. The standard InChI is InChI=1S/C18H19N.C2H6/c1-15-11-12-18(16-8-4-3-5-9-16)14-17(15)10-6-7-13-19-2;1-2/h3-9,11-14H,10H2,1-2H3;1-2H3/b7-6-,19-13?;. The number of allylic oxidation sites excluding steroid dienone is 2. The summed E-state index contributed by atoms with van der Waals surface area (Å²) >= 11 is 0. The van der Waals surface area contributed by atoms with Crippen molar-refractivity contribution in [3.63, 3.8) is 0 Å². The molecule has 2 rings (SSSR count). The van der Waals surface area contributed by atoms with Crippen LogP contribution in [0.5, 0.6) is 0 Å². The first-order valence-electron chi connectivity index (χ1n) is 7.53. The van der Waals surface area contributed by atoms with E-state index in [1.165, 1.54) is 22.3 Å². The van der Waals surface area contributed by atoms with Gasteiger partial charge in [0.15, 0.2) is 0 Å². The molecule has 0 heterocycles. The van der Waals surface area contributed by atoms with Crippen molar-refractivity contribution in [1.82, 2.24) is 0 Å². The quantitative estimate of drug-likeness (QED) is 0.656. The van der Waals surface area contributed by atoms with E-state index in [4.69, 9.17) is 0 Å². The minimum atomic E-state index is 0.943. The van der Waals surface area contributed by atoms with Crippen LogP contribution in [0, 0.1) is 6.92 Å². The summed E-state index contributed by atoms with van der Waals surface area (Å²) in [6.45, 7) is 6.16. The topological polar surface area (TPSA) is 12.4 Å². The molecule has 2 aromatic rings. The predicted molar refractivity (Wildman–Crippen MR) is 95.2 cm³/mol. The molecule has 0 bridgehead atoms. The van der Waals surface area contributed by atoms with E-state index in [0.29, 0.717) is 0 Å². The summed E-state index contributed by atoms with van der Waals surface area (Å²) in [5.74, 6) is 0. The van der Waals surface area contributed by atoms with E-state index in [-0.39, 0.29) is 0 Å². The Morgan fingerprint density at radius 3 is 2.33 bits per heavy atom. The fourth-order valence-corrected chi connectivity index (χ4v) is 2.04. The minimum absolute atomic E-state index is 0.943. The van der Waals surface area contributed by atoms with Gasteiger partial charge in [0, 0.05) is 13.3 Å². The van der Waals surface area contributed by atoms with Crippen molar-refractivity contribution < 1.29 is 0 Å². The summed E-state index contributed by atoms with van der Waals surface area (Å²) in [5, 5.41) is 0. The molecular weight excluding hydrogens is 254 g/mol. The number of aliphatic imine (C=N–C) groups is 1. The highest BCUT2D eigenvalue weighted by Crippen LogP contribution is 2.22. The second-order valence-corrected chi connectivity index (χ2v) is 4.55. The fraction of sp³-hybridized carbons (Fsp3) is 0.250. The van der Waals surface area contributed by atoms with Crippen molar-refractivity contribution in [2.75, 3.05) is 7.05 Å². The van der Waals surface area contributed by atoms with Gasteiger partial charge in [-0.1, -0.05) is 68.5 Å². The highest BCUT2D eigenvalue weighted by molar-refractivity contribution is 5.71. The predicted octanol–water partition coefficient (Wildman–Crippen LogP) is 5.49. The van der Waals surface area contributed by atoms with Gasteiger partial charge >= 0.3 is 0 Å². The Kier molecular flexibility index (Phi) is 7.81.